The van der Waals surface area contributed by atoms with Crippen LogP contribution in [-0.2, 0) is 0 Å². The predicted octanol–water partition coefficient (Wildman–Crippen LogP) is 3.15. The van der Waals surface area contributed by atoms with Crippen LogP contribution in [0.3, 0.4) is 0 Å². The van der Waals surface area contributed by atoms with Crippen LogP contribution < -0.4 is 5.73 Å². The van der Waals surface area contributed by atoms with Crippen molar-refractivity contribution in [1.29, 1.82) is 0 Å². The van der Waals surface area contributed by atoms with Crippen LogP contribution in [0.1, 0.15) is 11.4 Å². The summed E-state index contributed by atoms with van der Waals surface area (Å²) in [5, 5.41) is 12.5. The average molecular weight is 277 g/mol. The van der Waals surface area contributed by atoms with Crippen molar-refractivity contribution in [3.8, 4) is 0 Å². The Morgan fingerprint density at radius 1 is 1.26 bits per heavy atom. The highest BCUT2D eigenvalue weighted by atomic mass is 32.1. The standard InChI is InChI=1S/C12H12FN5S/c1-7-11(8(2)18(17-7)12(14)19)16-15-10-5-3-9(13)4-6-10/h3-6H,1-2H3,(H2,14,19). The zero-order valence-electron chi connectivity index (χ0n) is 10.5. The topological polar surface area (TPSA) is 68.6 Å². The first kappa shape index (κ1) is 13.3. The number of azo groups is 1. The molecule has 0 saturated heterocycles. The first-order valence-electron chi connectivity index (χ1n) is 5.52. The van der Waals surface area contributed by atoms with Gasteiger partial charge in [0, 0.05) is 0 Å². The highest BCUT2D eigenvalue weighted by Crippen LogP contribution is 2.25. The second kappa shape index (κ2) is 5.23. The van der Waals surface area contributed by atoms with Gasteiger partial charge in [0.2, 0.25) is 0 Å². The van der Waals surface area contributed by atoms with E-state index in [-0.39, 0.29) is 10.9 Å². The fraction of sp³-hybridized carbons (Fsp3) is 0.167. The Balaban J connectivity index is 2.33. The lowest BCUT2D eigenvalue weighted by atomic mass is 10.3. The van der Waals surface area contributed by atoms with Crippen molar-refractivity contribution in [2.75, 3.05) is 0 Å². The van der Waals surface area contributed by atoms with Gasteiger partial charge >= 0.3 is 0 Å². The molecule has 2 aromatic rings. The van der Waals surface area contributed by atoms with Crippen molar-refractivity contribution in [3.63, 3.8) is 0 Å². The molecule has 0 aliphatic rings. The van der Waals surface area contributed by atoms with Crippen LogP contribution in [0, 0.1) is 19.7 Å². The second-order valence-corrected chi connectivity index (χ2v) is 4.36. The van der Waals surface area contributed by atoms with Gasteiger partial charge in [-0.15, -0.1) is 5.11 Å². The van der Waals surface area contributed by atoms with E-state index in [2.05, 4.69) is 15.3 Å². The van der Waals surface area contributed by atoms with E-state index in [1.807, 2.05) is 0 Å². The molecule has 2 rings (SSSR count). The lowest BCUT2D eigenvalue weighted by Gasteiger charge is -1.98. The molecule has 1 heterocycles. The Bertz CT molecular complexity index is 645. The minimum absolute atomic E-state index is 0.156. The van der Waals surface area contributed by atoms with Crippen LogP contribution in [0.25, 0.3) is 0 Å². The average Bonchev–Trinajstić information content (AvgIpc) is 2.65. The highest BCUT2D eigenvalue weighted by Gasteiger charge is 2.12. The monoisotopic (exact) mass is 277 g/mol. The summed E-state index contributed by atoms with van der Waals surface area (Å²) in [5.74, 6) is -0.312. The van der Waals surface area contributed by atoms with Crippen molar-refractivity contribution >= 4 is 28.7 Å². The Kier molecular flexibility index (Phi) is 3.66. The summed E-state index contributed by atoms with van der Waals surface area (Å²) in [6.45, 7) is 3.60. The molecular weight excluding hydrogens is 265 g/mol. The maximum Gasteiger partial charge on any atom is 0.191 e. The first-order chi connectivity index (χ1) is 8.99. The molecule has 0 atom stereocenters. The molecule has 0 aliphatic heterocycles. The number of rotatable bonds is 2. The van der Waals surface area contributed by atoms with E-state index < -0.39 is 0 Å². The number of thiocarbonyl (C=S) groups is 1. The van der Waals surface area contributed by atoms with Crippen molar-refractivity contribution in [2.45, 2.75) is 13.8 Å². The van der Waals surface area contributed by atoms with Crippen LogP contribution >= 0.6 is 12.2 Å². The maximum atomic E-state index is 12.8. The van der Waals surface area contributed by atoms with E-state index >= 15 is 0 Å². The van der Waals surface area contributed by atoms with Gasteiger partial charge in [-0.25, -0.2) is 9.07 Å². The normalized spacial score (nSPS) is 11.1. The van der Waals surface area contributed by atoms with E-state index in [9.17, 15) is 4.39 Å². The molecule has 1 aromatic carbocycles. The molecule has 0 spiro atoms. The fourth-order valence-corrected chi connectivity index (χ4v) is 1.79. The third-order valence-electron chi connectivity index (χ3n) is 2.55. The summed E-state index contributed by atoms with van der Waals surface area (Å²) in [6.07, 6.45) is 0. The lowest BCUT2D eigenvalue weighted by Crippen LogP contribution is -2.21. The van der Waals surface area contributed by atoms with E-state index in [0.717, 1.165) is 5.69 Å². The molecule has 0 saturated carbocycles. The van der Waals surface area contributed by atoms with Crippen molar-refractivity contribution < 1.29 is 4.39 Å². The first-order valence-corrected chi connectivity index (χ1v) is 5.93. The summed E-state index contributed by atoms with van der Waals surface area (Å²) in [4.78, 5) is 0. The fourth-order valence-electron chi connectivity index (χ4n) is 1.61. The van der Waals surface area contributed by atoms with Crippen LogP contribution in [-0.4, -0.2) is 14.9 Å². The van der Waals surface area contributed by atoms with Crippen molar-refractivity contribution in [1.82, 2.24) is 9.78 Å². The molecule has 0 unspecified atom stereocenters. The predicted molar refractivity (Wildman–Crippen MR) is 74.5 cm³/mol. The number of hydrogen-bond donors (Lipinski definition) is 1. The number of nitrogens with two attached hydrogens (primary N) is 1. The summed E-state index contributed by atoms with van der Waals surface area (Å²) in [5.41, 5.74) is 8.10. The van der Waals surface area contributed by atoms with Gasteiger partial charge in [-0.3, -0.25) is 0 Å². The minimum Gasteiger partial charge on any atom is -0.374 e. The van der Waals surface area contributed by atoms with Crippen LogP contribution in [0.15, 0.2) is 34.5 Å². The van der Waals surface area contributed by atoms with Crippen LogP contribution in [0.5, 0.6) is 0 Å². The zero-order valence-corrected chi connectivity index (χ0v) is 11.3. The highest BCUT2D eigenvalue weighted by molar-refractivity contribution is 7.80. The molecule has 98 valence electrons. The molecule has 0 amide bonds. The third-order valence-corrected chi connectivity index (χ3v) is 2.73. The summed E-state index contributed by atoms with van der Waals surface area (Å²) in [7, 11) is 0. The number of hydrogen-bond acceptors (Lipinski definition) is 4. The van der Waals surface area contributed by atoms with Crippen molar-refractivity contribution in [2.24, 2.45) is 16.0 Å². The number of aryl methyl sites for hydroxylation is 1. The number of benzene rings is 1. The summed E-state index contributed by atoms with van der Waals surface area (Å²) >= 11 is 4.88. The Morgan fingerprint density at radius 3 is 2.42 bits per heavy atom. The molecule has 0 fully saturated rings. The molecule has 19 heavy (non-hydrogen) atoms. The van der Waals surface area contributed by atoms with E-state index in [4.69, 9.17) is 18.0 Å². The minimum atomic E-state index is -0.312. The van der Waals surface area contributed by atoms with Gasteiger partial charge in [0.05, 0.1) is 17.1 Å². The van der Waals surface area contributed by atoms with Gasteiger partial charge in [0.15, 0.2) is 5.11 Å². The third kappa shape index (κ3) is 2.82. The van der Waals surface area contributed by atoms with Gasteiger partial charge in [-0.2, -0.15) is 10.2 Å². The quantitative estimate of drug-likeness (QED) is 0.677. The van der Waals surface area contributed by atoms with Crippen molar-refractivity contribution in [3.05, 3.63) is 41.5 Å². The van der Waals surface area contributed by atoms with Crippen LogP contribution in [0.4, 0.5) is 15.8 Å². The van der Waals surface area contributed by atoms with E-state index in [0.29, 0.717) is 17.1 Å². The summed E-state index contributed by atoms with van der Waals surface area (Å²) < 4.78 is 14.2. The van der Waals surface area contributed by atoms with Gasteiger partial charge in [-0.05, 0) is 50.3 Å². The lowest BCUT2D eigenvalue weighted by molar-refractivity contribution is 0.628. The molecule has 0 radical (unpaired) electrons. The SMILES string of the molecule is Cc1nn(C(N)=S)c(C)c1N=Nc1ccc(F)cc1. The molecule has 5 nitrogen and oxygen atoms in total. The number of nitrogens with zero attached hydrogens (tertiary/aromatic N) is 4. The Labute approximate surface area is 115 Å². The van der Waals surface area contributed by atoms with Gasteiger partial charge in [0.1, 0.15) is 11.5 Å². The number of halogens is 1. The Hall–Kier alpha value is -2.15. The van der Waals surface area contributed by atoms with Crippen LogP contribution in [0.2, 0.25) is 0 Å². The molecule has 1 aromatic heterocycles. The molecule has 7 heteroatoms. The maximum absolute atomic E-state index is 12.8. The summed E-state index contributed by atoms with van der Waals surface area (Å²) in [6, 6.07) is 5.74. The molecular formula is C12H12FN5S. The molecule has 2 N–H and O–H groups in total. The second-order valence-electron chi connectivity index (χ2n) is 3.95. The van der Waals surface area contributed by atoms with Gasteiger partial charge in [0.25, 0.3) is 0 Å². The Morgan fingerprint density at radius 2 is 1.89 bits per heavy atom. The zero-order chi connectivity index (χ0) is 14.0. The van der Waals surface area contributed by atoms with E-state index in [1.54, 1.807) is 26.0 Å². The largest absolute Gasteiger partial charge is 0.374 e. The smallest absolute Gasteiger partial charge is 0.191 e. The van der Waals surface area contributed by atoms with Gasteiger partial charge in [-0.1, -0.05) is 0 Å². The van der Waals surface area contributed by atoms with E-state index in [1.165, 1.54) is 16.8 Å². The van der Waals surface area contributed by atoms with Gasteiger partial charge < -0.3 is 5.73 Å². The molecule has 0 bridgehead atoms. The molecule has 0 aliphatic carbocycles. The number of aromatic nitrogens is 2.